The average Bonchev–Trinajstić information content (AvgIpc) is 3.08. The van der Waals surface area contributed by atoms with E-state index < -0.39 is 0 Å². The molecule has 0 aliphatic carbocycles. The SMILES string of the molecule is Cc1ccc(-c2cncn2CCC2CCCN2)cc1. The van der Waals surface area contributed by atoms with Gasteiger partial charge in [0.2, 0.25) is 0 Å². The molecule has 1 aliphatic rings. The van der Waals surface area contributed by atoms with Gasteiger partial charge in [0, 0.05) is 12.6 Å². The van der Waals surface area contributed by atoms with E-state index in [0.29, 0.717) is 6.04 Å². The summed E-state index contributed by atoms with van der Waals surface area (Å²) in [6.07, 6.45) is 7.74. The van der Waals surface area contributed by atoms with E-state index in [-0.39, 0.29) is 0 Å². The van der Waals surface area contributed by atoms with Gasteiger partial charge in [0.05, 0.1) is 18.2 Å². The minimum Gasteiger partial charge on any atom is -0.331 e. The maximum atomic E-state index is 4.31. The second-order valence-corrected chi connectivity index (χ2v) is 5.42. The van der Waals surface area contributed by atoms with Gasteiger partial charge in [-0.1, -0.05) is 29.8 Å². The number of nitrogens with one attached hydrogen (secondary N) is 1. The minimum atomic E-state index is 0.688. The summed E-state index contributed by atoms with van der Waals surface area (Å²) >= 11 is 0. The Morgan fingerprint density at radius 3 is 2.89 bits per heavy atom. The van der Waals surface area contributed by atoms with Crippen LogP contribution in [0.4, 0.5) is 0 Å². The number of nitrogens with zero attached hydrogens (tertiary/aromatic N) is 2. The van der Waals surface area contributed by atoms with Crippen LogP contribution in [-0.2, 0) is 6.54 Å². The first-order chi connectivity index (χ1) is 9.33. The van der Waals surface area contributed by atoms with Gasteiger partial charge in [0.15, 0.2) is 0 Å². The second-order valence-electron chi connectivity index (χ2n) is 5.42. The predicted molar refractivity (Wildman–Crippen MR) is 78.0 cm³/mol. The molecule has 100 valence electrons. The third-order valence-electron chi connectivity index (χ3n) is 3.94. The maximum Gasteiger partial charge on any atom is 0.0950 e. The molecule has 2 heterocycles. The molecule has 0 spiro atoms. The molecular formula is C16H21N3. The molecule has 0 bridgehead atoms. The summed E-state index contributed by atoms with van der Waals surface area (Å²) in [7, 11) is 0. The van der Waals surface area contributed by atoms with Crippen LogP contribution in [0.15, 0.2) is 36.8 Å². The van der Waals surface area contributed by atoms with Gasteiger partial charge in [-0.25, -0.2) is 4.98 Å². The van der Waals surface area contributed by atoms with Crippen LogP contribution < -0.4 is 5.32 Å². The van der Waals surface area contributed by atoms with E-state index in [1.54, 1.807) is 0 Å². The van der Waals surface area contributed by atoms with Gasteiger partial charge in [-0.15, -0.1) is 0 Å². The zero-order valence-electron chi connectivity index (χ0n) is 11.5. The summed E-state index contributed by atoms with van der Waals surface area (Å²) in [5, 5.41) is 3.55. The van der Waals surface area contributed by atoms with Crippen LogP contribution in [0.25, 0.3) is 11.3 Å². The number of hydrogen-bond donors (Lipinski definition) is 1. The third kappa shape index (κ3) is 2.87. The first kappa shape index (κ1) is 12.4. The number of hydrogen-bond acceptors (Lipinski definition) is 2. The van der Waals surface area contributed by atoms with Gasteiger partial charge in [0.25, 0.3) is 0 Å². The number of imidazole rings is 1. The molecule has 0 saturated carbocycles. The summed E-state index contributed by atoms with van der Waals surface area (Å²) in [6, 6.07) is 9.36. The summed E-state index contributed by atoms with van der Waals surface area (Å²) in [5.41, 5.74) is 3.77. The molecule has 1 aromatic heterocycles. The van der Waals surface area contributed by atoms with Gasteiger partial charge in [-0.3, -0.25) is 0 Å². The molecule has 2 aromatic rings. The molecule has 1 fully saturated rings. The zero-order valence-corrected chi connectivity index (χ0v) is 11.5. The lowest BCUT2D eigenvalue weighted by Crippen LogP contribution is -2.22. The van der Waals surface area contributed by atoms with Crippen molar-refractivity contribution in [3.8, 4) is 11.3 Å². The van der Waals surface area contributed by atoms with Crippen molar-refractivity contribution in [2.75, 3.05) is 6.54 Å². The highest BCUT2D eigenvalue weighted by molar-refractivity contribution is 5.59. The fourth-order valence-corrected chi connectivity index (χ4v) is 2.76. The normalized spacial score (nSPS) is 18.9. The Bertz CT molecular complexity index is 521. The first-order valence-electron chi connectivity index (χ1n) is 7.13. The van der Waals surface area contributed by atoms with Crippen molar-refractivity contribution >= 4 is 0 Å². The van der Waals surface area contributed by atoms with Crippen molar-refractivity contribution in [1.29, 1.82) is 0 Å². The Labute approximate surface area is 114 Å². The molecule has 0 radical (unpaired) electrons. The Kier molecular flexibility index (Phi) is 3.65. The molecule has 1 aromatic carbocycles. The molecule has 19 heavy (non-hydrogen) atoms. The highest BCUT2D eigenvalue weighted by atomic mass is 15.1. The highest BCUT2D eigenvalue weighted by Gasteiger charge is 2.14. The first-order valence-corrected chi connectivity index (χ1v) is 7.13. The number of benzene rings is 1. The van der Waals surface area contributed by atoms with Crippen LogP contribution in [0.2, 0.25) is 0 Å². The highest BCUT2D eigenvalue weighted by Crippen LogP contribution is 2.20. The zero-order chi connectivity index (χ0) is 13.1. The molecule has 3 nitrogen and oxygen atoms in total. The van der Waals surface area contributed by atoms with E-state index >= 15 is 0 Å². The van der Waals surface area contributed by atoms with Crippen LogP contribution in [0.5, 0.6) is 0 Å². The molecule has 1 unspecified atom stereocenters. The van der Waals surface area contributed by atoms with Crippen LogP contribution in [0.1, 0.15) is 24.8 Å². The summed E-state index contributed by atoms with van der Waals surface area (Å²) in [4.78, 5) is 4.31. The van der Waals surface area contributed by atoms with Crippen LogP contribution in [0, 0.1) is 6.92 Å². The van der Waals surface area contributed by atoms with Gasteiger partial charge < -0.3 is 9.88 Å². The van der Waals surface area contributed by atoms with Crippen molar-refractivity contribution in [1.82, 2.24) is 14.9 Å². The van der Waals surface area contributed by atoms with E-state index in [2.05, 4.69) is 46.1 Å². The van der Waals surface area contributed by atoms with Gasteiger partial charge in [0.1, 0.15) is 0 Å². The maximum absolute atomic E-state index is 4.31. The van der Waals surface area contributed by atoms with E-state index in [1.165, 1.54) is 42.6 Å². The topological polar surface area (TPSA) is 29.9 Å². The fourth-order valence-electron chi connectivity index (χ4n) is 2.76. The van der Waals surface area contributed by atoms with Crippen molar-refractivity contribution in [3.05, 3.63) is 42.4 Å². The lowest BCUT2D eigenvalue weighted by molar-refractivity contribution is 0.507. The number of aryl methyl sites for hydroxylation is 2. The summed E-state index contributed by atoms with van der Waals surface area (Å²) < 4.78 is 2.27. The van der Waals surface area contributed by atoms with Gasteiger partial charge in [-0.2, -0.15) is 0 Å². The third-order valence-corrected chi connectivity index (χ3v) is 3.94. The van der Waals surface area contributed by atoms with E-state index in [4.69, 9.17) is 0 Å². The summed E-state index contributed by atoms with van der Waals surface area (Å²) in [6.45, 7) is 4.34. The Balaban J connectivity index is 1.72. The van der Waals surface area contributed by atoms with Crippen molar-refractivity contribution in [2.24, 2.45) is 0 Å². The molecule has 3 rings (SSSR count). The van der Waals surface area contributed by atoms with Crippen molar-refractivity contribution in [3.63, 3.8) is 0 Å². The lowest BCUT2D eigenvalue weighted by Gasteiger charge is -2.12. The molecule has 0 amide bonds. The van der Waals surface area contributed by atoms with Crippen LogP contribution in [-0.4, -0.2) is 22.1 Å². The van der Waals surface area contributed by atoms with Crippen LogP contribution in [0.3, 0.4) is 0 Å². The Morgan fingerprint density at radius 1 is 1.32 bits per heavy atom. The largest absolute Gasteiger partial charge is 0.331 e. The molecule has 1 saturated heterocycles. The van der Waals surface area contributed by atoms with E-state index in [9.17, 15) is 0 Å². The van der Waals surface area contributed by atoms with Gasteiger partial charge in [-0.05, 0) is 38.3 Å². The molecule has 1 aliphatic heterocycles. The van der Waals surface area contributed by atoms with Gasteiger partial charge >= 0.3 is 0 Å². The Morgan fingerprint density at radius 2 is 2.16 bits per heavy atom. The smallest absolute Gasteiger partial charge is 0.0950 e. The average molecular weight is 255 g/mol. The minimum absolute atomic E-state index is 0.688. The monoisotopic (exact) mass is 255 g/mol. The van der Waals surface area contributed by atoms with E-state index in [0.717, 1.165) is 6.54 Å². The number of rotatable bonds is 4. The fraction of sp³-hybridized carbons (Fsp3) is 0.438. The quantitative estimate of drug-likeness (QED) is 0.910. The second kappa shape index (κ2) is 5.57. The van der Waals surface area contributed by atoms with Crippen LogP contribution >= 0.6 is 0 Å². The van der Waals surface area contributed by atoms with Crippen molar-refractivity contribution in [2.45, 2.75) is 38.8 Å². The number of aromatic nitrogens is 2. The molecular weight excluding hydrogens is 234 g/mol. The summed E-state index contributed by atoms with van der Waals surface area (Å²) in [5.74, 6) is 0. The molecule has 1 atom stereocenters. The predicted octanol–water partition coefficient (Wildman–Crippen LogP) is 3.00. The molecule has 1 N–H and O–H groups in total. The van der Waals surface area contributed by atoms with Crippen molar-refractivity contribution < 1.29 is 0 Å². The Hall–Kier alpha value is -1.61. The molecule has 3 heteroatoms. The standard InChI is InChI=1S/C16H21N3/c1-13-4-6-14(7-5-13)16-11-17-12-19(16)10-8-15-3-2-9-18-15/h4-7,11-12,15,18H,2-3,8-10H2,1H3. The lowest BCUT2D eigenvalue weighted by atomic mass is 10.1. The van der Waals surface area contributed by atoms with E-state index in [1.807, 2.05) is 12.5 Å².